The fourth-order valence-electron chi connectivity index (χ4n) is 9.06. The number of hydrogen-bond acceptors (Lipinski definition) is 5. The molecule has 2 aliphatic rings. The molecule has 1 saturated heterocycles. The van der Waals surface area contributed by atoms with Gasteiger partial charge in [0.05, 0.1) is 35.1 Å². The van der Waals surface area contributed by atoms with Gasteiger partial charge in [-0.05, 0) is 126 Å². The number of carbonyl (C=O) groups excluding carboxylic acids is 2. The van der Waals surface area contributed by atoms with Gasteiger partial charge in [0.15, 0.2) is 0 Å². The highest BCUT2D eigenvalue weighted by atomic mass is 35.5. The van der Waals surface area contributed by atoms with Crippen molar-refractivity contribution in [3.63, 3.8) is 0 Å². The van der Waals surface area contributed by atoms with Gasteiger partial charge in [0.2, 0.25) is 5.91 Å². The number of benzene rings is 3. The lowest BCUT2D eigenvalue weighted by Crippen LogP contribution is -2.42. The van der Waals surface area contributed by atoms with Crippen molar-refractivity contribution in [3.8, 4) is 16.9 Å². The summed E-state index contributed by atoms with van der Waals surface area (Å²) in [7, 11) is 1.95. The predicted octanol–water partition coefficient (Wildman–Crippen LogP) is 8.96. The van der Waals surface area contributed by atoms with Crippen molar-refractivity contribution in [1.82, 2.24) is 23.8 Å². The third kappa shape index (κ3) is 6.55. The number of nitrogens with two attached hydrogens (primary N) is 1. The molecule has 0 spiro atoms. The summed E-state index contributed by atoms with van der Waals surface area (Å²) in [5.41, 5.74) is 16.1. The first-order chi connectivity index (χ1) is 26.8. The highest BCUT2D eigenvalue weighted by Crippen LogP contribution is 2.46. The maximum atomic E-state index is 15.2. The normalized spacial score (nSPS) is 16.1. The van der Waals surface area contributed by atoms with Crippen LogP contribution < -0.4 is 15.4 Å². The largest absolute Gasteiger partial charge is 0.494 e. The molecule has 0 bridgehead atoms. The number of likely N-dealkylation sites (tertiary alicyclic amines) is 1. The van der Waals surface area contributed by atoms with Crippen molar-refractivity contribution >= 4 is 62.5 Å². The van der Waals surface area contributed by atoms with Crippen molar-refractivity contribution in [1.29, 1.82) is 0 Å². The van der Waals surface area contributed by atoms with E-state index in [0.29, 0.717) is 42.3 Å². The smallest absolute Gasteiger partial charge is 0.275 e. The summed E-state index contributed by atoms with van der Waals surface area (Å²) >= 11 is 13.7. The van der Waals surface area contributed by atoms with E-state index in [2.05, 4.69) is 41.0 Å². The number of aryl methyl sites for hydroxylation is 5. The van der Waals surface area contributed by atoms with Crippen LogP contribution in [0.2, 0.25) is 10.0 Å². The Morgan fingerprint density at radius 3 is 2.41 bits per heavy atom. The van der Waals surface area contributed by atoms with Gasteiger partial charge in [-0.1, -0.05) is 29.3 Å². The summed E-state index contributed by atoms with van der Waals surface area (Å²) in [6, 6.07) is 13.2. The van der Waals surface area contributed by atoms with Gasteiger partial charge in [-0.3, -0.25) is 14.3 Å². The van der Waals surface area contributed by atoms with Crippen molar-refractivity contribution in [2.24, 2.45) is 12.8 Å². The van der Waals surface area contributed by atoms with Crippen LogP contribution in [0.25, 0.3) is 32.9 Å². The van der Waals surface area contributed by atoms with Crippen molar-refractivity contribution in [2.75, 3.05) is 37.7 Å². The number of rotatable bonds is 11. The topological polar surface area (TPSA) is 104 Å². The zero-order valence-corrected chi connectivity index (χ0v) is 34.5. The van der Waals surface area contributed by atoms with E-state index in [0.717, 1.165) is 104 Å². The maximum Gasteiger partial charge on any atom is 0.275 e. The second-order valence-electron chi connectivity index (χ2n) is 15.6. The summed E-state index contributed by atoms with van der Waals surface area (Å²) in [6.45, 7) is 15.2. The van der Waals surface area contributed by atoms with E-state index < -0.39 is 5.91 Å². The summed E-state index contributed by atoms with van der Waals surface area (Å²) in [6.07, 6.45) is 5.74. The Morgan fingerprint density at radius 1 is 0.964 bits per heavy atom. The Kier molecular flexibility index (Phi) is 10.2. The van der Waals surface area contributed by atoms with Crippen LogP contribution in [0.1, 0.15) is 81.2 Å². The Morgan fingerprint density at radius 2 is 1.70 bits per heavy atom. The van der Waals surface area contributed by atoms with E-state index in [-0.39, 0.29) is 11.9 Å². The molecule has 6 aromatic rings. The third-order valence-electron chi connectivity index (χ3n) is 11.8. The fourth-order valence-corrected chi connectivity index (χ4v) is 9.42. The number of primary amides is 1. The van der Waals surface area contributed by atoms with Gasteiger partial charge >= 0.3 is 0 Å². The van der Waals surface area contributed by atoms with E-state index in [1.165, 1.54) is 12.8 Å². The summed E-state index contributed by atoms with van der Waals surface area (Å²) < 4.78 is 12.6. The van der Waals surface area contributed by atoms with Crippen LogP contribution in [-0.2, 0) is 20.0 Å². The molecule has 292 valence electrons. The molecule has 0 aliphatic carbocycles. The second kappa shape index (κ2) is 15.0. The van der Waals surface area contributed by atoms with E-state index in [1.807, 2.05) is 60.8 Å². The standard InChI is InChI=1S/C44H49Cl2N7O3/c1-25-20-31(21-26(2)40(25)46)56-19-9-10-32-33-12-13-35(45)39(38-28(4)48-52(29(38)5)18-17-50-15-7-8-16-50)41(33)53-27(3)23-51(44(55)42(32)53)37-24-49(6)36-14-11-30(43(47)54)22-34(36)37/h11-14,20-22,24,27H,7-10,15-19,23H2,1-6H3,(H2,47,54). The zero-order valence-electron chi connectivity index (χ0n) is 33.0. The number of halogens is 2. The Hall–Kier alpha value is -4.77. The molecule has 2 aliphatic heterocycles. The van der Waals surface area contributed by atoms with Gasteiger partial charge < -0.3 is 29.4 Å². The third-order valence-corrected chi connectivity index (χ3v) is 12.7. The van der Waals surface area contributed by atoms with Gasteiger partial charge in [0.1, 0.15) is 11.4 Å². The average molecular weight is 795 g/mol. The SMILES string of the molecule is Cc1cc(OCCCc2c3n(c4c(-c5c(C)nn(CCN6CCCC6)c5C)c(Cl)ccc24)C(C)CN(c2cn(C)c4ccc(C(N)=O)cc24)C3=O)cc(C)c1Cl. The molecule has 5 heterocycles. The van der Waals surface area contributed by atoms with Crippen LogP contribution in [0.4, 0.5) is 5.69 Å². The quantitative estimate of drug-likeness (QED) is 0.132. The Labute approximate surface area is 337 Å². The van der Waals surface area contributed by atoms with E-state index >= 15 is 4.79 Å². The number of carbonyl (C=O) groups is 2. The molecule has 12 heteroatoms. The first kappa shape index (κ1) is 38.1. The molecule has 2 N–H and O–H groups in total. The lowest BCUT2D eigenvalue weighted by Gasteiger charge is -2.34. The number of amides is 2. The van der Waals surface area contributed by atoms with Crippen LogP contribution in [0.3, 0.4) is 0 Å². The summed E-state index contributed by atoms with van der Waals surface area (Å²) in [4.78, 5) is 31.8. The molecule has 3 aromatic carbocycles. The van der Waals surface area contributed by atoms with Gasteiger partial charge in [-0.25, -0.2) is 0 Å². The molecule has 1 fully saturated rings. The van der Waals surface area contributed by atoms with E-state index in [9.17, 15) is 4.79 Å². The van der Waals surface area contributed by atoms with E-state index in [4.69, 9.17) is 38.8 Å². The van der Waals surface area contributed by atoms with Crippen LogP contribution in [0.15, 0.2) is 48.7 Å². The number of anilines is 1. The second-order valence-corrected chi connectivity index (χ2v) is 16.4. The average Bonchev–Trinajstić information content (AvgIpc) is 3.94. The number of hydrogen-bond donors (Lipinski definition) is 1. The molecule has 2 amide bonds. The van der Waals surface area contributed by atoms with E-state index in [1.54, 1.807) is 12.1 Å². The Balaban J connectivity index is 1.24. The number of nitrogens with zero attached hydrogens (tertiary/aromatic N) is 6. The molecular weight excluding hydrogens is 745 g/mol. The van der Waals surface area contributed by atoms with Crippen LogP contribution in [0, 0.1) is 27.7 Å². The van der Waals surface area contributed by atoms with Gasteiger partial charge in [-0.2, -0.15) is 5.10 Å². The van der Waals surface area contributed by atoms with Crippen molar-refractivity contribution < 1.29 is 14.3 Å². The monoisotopic (exact) mass is 793 g/mol. The Bertz CT molecular complexity index is 2520. The first-order valence-electron chi connectivity index (χ1n) is 19.6. The fraction of sp³-hybridized carbons (Fsp3) is 0.386. The molecule has 3 aromatic heterocycles. The van der Waals surface area contributed by atoms with Crippen LogP contribution in [-0.4, -0.2) is 68.4 Å². The lowest BCUT2D eigenvalue weighted by atomic mass is 9.98. The molecule has 1 unspecified atom stereocenters. The van der Waals surface area contributed by atoms with Crippen molar-refractivity contribution in [3.05, 3.63) is 98.0 Å². The molecule has 1 atom stereocenters. The van der Waals surface area contributed by atoms with Gasteiger partial charge in [0.25, 0.3) is 5.91 Å². The molecule has 0 radical (unpaired) electrons. The molecule has 10 nitrogen and oxygen atoms in total. The molecule has 0 saturated carbocycles. The lowest BCUT2D eigenvalue weighted by molar-refractivity contribution is 0.0956. The van der Waals surface area contributed by atoms with Gasteiger partial charge in [-0.15, -0.1) is 0 Å². The molecular formula is C44H49Cl2N7O3. The number of aromatic nitrogens is 4. The molecule has 56 heavy (non-hydrogen) atoms. The maximum absolute atomic E-state index is 15.2. The minimum atomic E-state index is -0.511. The van der Waals surface area contributed by atoms with Crippen LogP contribution in [0.5, 0.6) is 5.75 Å². The number of ether oxygens (including phenoxy) is 1. The first-order valence-corrected chi connectivity index (χ1v) is 20.3. The highest BCUT2D eigenvalue weighted by Gasteiger charge is 2.38. The number of fused-ring (bicyclic) bond motifs is 4. The molecule has 8 rings (SSSR count). The van der Waals surface area contributed by atoms with Crippen molar-refractivity contribution in [2.45, 2.75) is 72.9 Å². The highest BCUT2D eigenvalue weighted by molar-refractivity contribution is 6.35. The zero-order chi connectivity index (χ0) is 39.6. The predicted molar refractivity (Wildman–Crippen MR) is 226 cm³/mol. The minimum Gasteiger partial charge on any atom is -0.494 e. The summed E-state index contributed by atoms with van der Waals surface area (Å²) in [5, 5.41) is 8.21. The van der Waals surface area contributed by atoms with Crippen LogP contribution >= 0.6 is 23.2 Å². The van der Waals surface area contributed by atoms with Gasteiger partial charge in [0, 0.05) is 76.1 Å². The summed E-state index contributed by atoms with van der Waals surface area (Å²) in [5.74, 6) is 0.160. The minimum absolute atomic E-state index is 0.104.